The number of nitrogens with zero attached hydrogens (tertiary/aromatic N) is 2. The highest BCUT2D eigenvalue weighted by molar-refractivity contribution is 7.07. The molecule has 0 atom stereocenters. The van der Waals surface area contributed by atoms with E-state index in [9.17, 15) is 4.79 Å². The summed E-state index contributed by atoms with van der Waals surface area (Å²) in [6, 6.07) is 9.00. The quantitative estimate of drug-likeness (QED) is 0.686. The van der Waals surface area contributed by atoms with Gasteiger partial charge in [-0.15, -0.1) is 0 Å². The Bertz CT molecular complexity index is 1090. The van der Waals surface area contributed by atoms with Gasteiger partial charge in [-0.25, -0.2) is 0 Å². The Labute approximate surface area is 151 Å². The van der Waals surface area contributed by atoms with Crippen LogP contribution in [0, 0.1) is 0 Å². The summed E-state index contributed by atoms with van der Waals surface area (Å²) in [5.41, 5.74) is 0.826. The normalized spacial score (nSPS) is 14.5. The molecule has 24 heavy (non-hydrogen) atoms. The van der Waals surface area contributed by atoms with Gasteiger partial charge in [-0.2, -0.15) is 0 Å². The summed E-state index contributed by atoms with van der Waals surface area (Å²) < 4.78 is 8.18. The second kappa shape index (κ2) is 6.24. The topological polar surface area (TPSA) is 47.5 Å². The van der Waals surface area contributed by atoms with Gasteiger partial charge in [-0.05, 0) is 36.8 Å². The van der Waals surface area contributed by atoms with Gasteiger partial charge in [0.25, 0.3) is 5.56 Å². The molecule has 0 saturated heterocycles. The van der Waals surface area contributed by atoms with E-state index >= 15 is 0 Å². The molecule has 0 radical (unpaired) electrons. The zero-order chi connectivity index (χ0) is 16.7. The van der Waals surface area contributed by atoms with Crippen molar-refractivity contribution < 1.29 is 4.42 Å². The van der Waals surface area contributed by atoms with Crippen LogP contribution < -0.4 is 14.9 Å². The van der Waals surface area contributed by atoms with Crippen molar-refractivity contribution in [2.75, 3.05) is 6.54 Å². The van der Waals surface area contributed by atoms with Gasteiger partial charge in [-0.3, -0.25) is 14.4 Å². The second-order valence-corrected chi connectivity index (χ2v) is 7.24. The second-order valence-electron chi connectivity index (χ2n) is 5.42. The van der Waals surface area contributed by atoms with Crippen LogP contribution in [-0.2, 0) is 6.54 Å². The Kier molecular flexibility index (Phi) is 4.08. The summed E-state index contributed by atoms with van der Waals surface area (Å²) in [6.45, 7) is 1.51. The van der Waals surface area contributed by atoms with Gasteiger partial charge in [-0.1, -0.05) is 34.5 Å². The van der Waals surface area contributed by atoms with Gasteiger partial charge >= 0.3 is 0 Å². The van der Waals surface area contributed by atoms with Crippen molar-refractivity contribution in [2.45, 2.75) is 13.0 Å². The number of rotatable bonds is 2. The summed E-state index contributed by atoms with van der Waals surface area (Å²) in [5, 5.41) is 0.974. The lowest BCUT2D eigenvalue weighted by molar-refractivity contribution is 0.568. The predicted octanol–water partition coefficient (Wildman–Crippen LogP) is 3.33. The van der Waals surface area contributed by atoms with Gasteiger partial charge in [0, 0.05) is 24.7 Å². The molecule has 1 aliphatic heterocycles. The van der Waals surface area contributed by atoms with Crippen LogP contribution in [0.4, 0.5) is 0 Å². The van der Waals surface area contributed by atoms with Crippen molar-refractivity contribution in [2.24, 2.45) is 4.99 Å². The van der Waals surface area contributed by atoms with E-state index in [-0.39, 0.29) is 5.56 Å². The summed E-state index contributed by atoms with van der Waals surface area (Å²) >= 11 is 13.4. The fourth-order valence-corrected chi connectivity index (χ4v) is 3.90. The molecule has 0 unspecified atom stereocenters. The molecule has 0 spiro atoms. The first-order chi connectivity index (χ1) is 11.6. The number of hydrogen-bond donors (Lipinski definition) is 0. The maximum Gasteiger partial charge on any atom is 0.270 e. The van der Waals surface area contributed by atoms with Gasteiger partial charge in [0.15, 0.2) is 4.80 Å². The van der Waals surface area contributed by atoms with E-state index in [4.69, 9.17) is 27.6 Å². The minimum absolute atomic E-state index is 0.00839. The zero-order valence-electron chi connectivity index (χ0n) is 12.5. The Hall–Kier alpha value is -1.82. The van der Waals surface area contributed by atoms with Gasteiger partial charge in [0.2, 0.25) is 0 Å². The van der Waals surface area contributed by atoms with Crippen molar-refractivity contribution in [1.82, 2.24) is 4.57 Å². The third kappa shape index (κ3) is 2.83. The molecule has 3 aromatic rings. The van der Waals surface area contributed by atoms with Crippen LogP contribution in [0.25, 0.3) is 17.4 Å². The lowest BCUT2D eigenvalue weighted by Gasteiger charge is -2.03. The number of furan rings is 1. The largest absolute Gasteiger partial charge is 0.457 e. The minimum atomic E-state index is -0.00839. The first-order valence-corrected chi connectivity index (χ1v) is 9.00. The third-order valence-corrected chi connectivity index (χ3v) is 5.56. The highest BCUT2D eigenvalue weighted by Gasteiger charge is 2.10. The van der Waals surface area contributed by atoms with Crippen molar-refractivity contribution >= 4 is 40.6 Å². The number of thiazole rings is 1. The molecular formula is C17H12Cl2N2O2S. The lowest BCUT2D eigenvalue weighted by Crippen LogP contribution is -2.33. The number of benzene rings is 1. The van der Waals surface area contributed by atoms with Crippen LogP contribution in [-0.4, -0.2) is 11.1 Å². The monoisotopic (exact) mass is 378 g/mol. The van der Waals surface area contributed by atoms with Crippen LogP contribution >= 0.6 is 34.5 Å². The average molecular weight is 379 g/mol. The Morgan fingerprint density at radius 3 is 2.88 bits per heavy atom. The van der Waals surface area contributed by atoms with E-state index in [2.05, 4.69) is 4.99 Å². The molecule has 4 rings (SSSR count). The summed E-state index contributed by atoms with van der Waals surface area (Å²) in [5.74, 6) is 1.29. The smallest absolute Gasteiger partial charge is 0.270 e. The number of fused-ring (bicyclic) bond motifs is 1. The number of aromatic nitrogens is 1. The van der Waals surface area contributed by atoms with Crippen molar-refractivity contribution in [3.63, 3.8) is 0 Å². The van der Waals surface area contributed by atoms with E-state index in [1.807, 2.05) is 18.2 Å². The summed E-state index contributed by atoms with van der Waals surface area (Å²) in [4.78, 5) is 17.6. The maximum absolute atomic E-state index is 12.4. The fraction of sp³-hybridized carbons (Fsp3) is 0.176. The highest BCUT2D eigenvalue weighted by Crippen LogP contribution is 2.29. The van der Waals surface area contributed by atoms with Crippen LogP contribution in [0.2, 0.25) is 10.0 Å². The Balaban J connectivity index is 1.75. The molecule has 0 fully saturated rings. The first kappa shape index (κ1) is 15.7. The maximum atomic E-state index is 12.4. The number of halogens is 2. The number of hydrogen-bond acceptors (Lipinski definition) is 4. The van der Waals surface area contributed by atoms with Gasteiger partial charge in [0.05, 0.1) is 14.6 Å². The van der Waals surface area contributed by atoms with E-state index in [1.54, 1.807) is 22.8 Å². The molecule has 0 N–H and O–H groups in total. The fourth-order valence-electron chi connectivity index (χ4n) is 2.59. The van der Waals surface area contributed by atoms with Crippen molar-refractivity contribution in [1.29, 1.82) is 0 Å². The highest BCUT2D eigenvalue weighted by atomic mass is 35.5. The van der Waals surface area contributed by atoms with E-state index in [0.29, 0.717) is 26.1 Å². The molecule has 7 heteroatoms. The van der Waals surface area contributed by atoms with Gasteiger partial charge < -0.3 is 4.42 Å². The molecule has 122 valence electrons. The molecule has 0 amide bonds. The van der Waals surface area contributed by atoms with Crippen LogP contribution in [0.1, 0.15) is 12.2 Å². The standard InChI is InChI=1S/C17H12Cl2N2O2S/c18-12-4-2-10(8-13(12)19)14-5-3-11(23-14)9-15-16(22)21-7-1-6-20-17(21)24-15/h2-5,8-9H,1,6-7H2/b15-9-. The molecule has 3 heterocycles. The molecule has 0 aliphatic carbocycles. The van der Waals surface area contributed by atoms with E-state index in [1.165, 1.54) is 11.3 Å². The van der Waals surface area contributed by atoms with Crippen LogP contribution in [0.5, 0.6) is 0 Å². The molecular weight excluding hydrogens is 367 g/mol. The summed E-state index contributed by atoms with van der Waals surface area (Å²) in [7, 11) is 0. The Morgan fingerprint density at radius 1 is 1.21 bits per heavy atom. The third-order valence-electron chi connectivity index (χ3n) is 3.78. The average Bonchev–Trinajstić information content (AvgIpc) is 3.16. The van der Waals surface area contributed by atoms with Gasteiger partial charge in [0.1, 0.15) is 11.5 Å². The molecule has 2 aromatic heterocycles. The van der Waals surface area contributed by atoms with Crippen LogP contribution in [0.15, 0.2) is 44.5 Å². The molecule has 1 aliphatic rings. The summed E-state index contributed by atoms with van der Waals surface area (Å²) in [6.07, 6.45) is 2.67. The first-order valence-electron chi connectivity index (χ1n) is 7.43. The zero-order valence-corrected chi connectivity index (χ0v) is 14.8. The van der Waals surface area contributed by atoms with E-state index < -0.39 is 0 Å². The molecule has 0 saturated carbocycles. The molecule has 4 nitrogen and oxygen atoms in total. The molecule has 1 aromatic carbocycles. The Morgan fingerprint density at radius 2 is 2.08 bits per heavy atom. The van der Waals surface area contributed by atoms with Crippen molar-refractivity contribution in [3.8, 4) is 11.3 Å². The van der Waals surface area contributed by atoms with E-state index in [0.717, 1.165) is 29.9 Å². The minimum Gasteiger partial charge on any atom is -0.457 e. The SMILES string of the molecule is O=c1/c(=C/c2ccc(-c3ccc(Cl)c(Cl)c3)o2)sc2n1CCCN=2. The van der Waals surface area contributed by atoms with Crippen LogP contribution in [0.3, 0.4) is 0 Å². The predicted molar refractivity (Wildman–Crippen MR) is 96.6 cm³/mol. The molecule has 0 bridgehead atoms. The lowest BCUT2D eigenvalue weighted by atomic mass is 10.2. The van der Waals surface area contributed by atoms with Crippen molar-refractivity contribution in [3.05, 3.63) is 65.8 Å².